The Morgan fingerprint density at radius 2 is 2.11 bits per heavy atom. The smallest absolute Gasteiger partial charge is 0.290 e. The first kappa shape index (κ1) is 11.9. The SMILES string of the molecule is C/C=[C](/[Hg])CC.O=CO. The van der Waals surface area contributed by atoms with Gasteiger partial charge >= 0.3 is 55.5 Å². The molecule has 0 heterocycles. The molecule has 0 aromatic carbocycles. The van der Waals surface area contributed by atoms with Crippen molar-refractivity contribution < 1.29 is 36.0 Å². The van der Waals surface area contributed by atoms with Gasteiger partial charge in [-0.15, -0.1) is 0 Å². The van der Waals surface area contributed by atoms with Gasteiger partial charge in [0.1, 0.15) is 0 Å². The van der Waals surface area contributed by atoms with Gasteiger partial charge < -0.3 is 5.11 Å². The molecule has 0 amide bonds. The topological polar surface area (TPSA) is 37.3 Å². The summed E-state index contributed by atoms with van der Waals surface area (Å²) in [6, 6.07) is 0. The Balaban J connectivity index is 0. The van der Waals surface area contributed by atoms with Crippen molar-refractivity contribution in [3.05, 3.63) is 9.16 Å². The van der Waals surface area contributed by atoms with Crippen LogP contribution in [0.5, 0.6) is 0 Å². The molecule has 0 aliphatic rings. The average molecular weight is 316 g/mol. The van der Waals surface area contributed by atoms with Gasteiger partial charge in [0.2, 0.25) is 0 Å². The van der Waals surface area contributed by atoms with Crippen LogP contribution in [0.1, 0.15) is 20.3 Å². The van der Waals surface area contributed by atoms with Gasteiger partial charge in [-0.1, -0.05) is 0 Å². The zero-order valence-corrected chi connectivity index (χ0v) is 11.4. The minimum Gasteiger partial charge on any atom is -0.483 e. The standard InChI is InChI=1S/C5H9.CH2O2.Hg/c1-3-5-4-2;2-1-3;/h3H,4H2,1-2H3;1H,(H,2,3);. The molecule has 9 heavy (non-hydrogen) atoms. The Morgan fingerprint density at radius 3 is 2.11 bits per heavy atom. The van der Waals surface area contributed by atoms with Gasteiger partial charge in [-0.2, -0.15) is 0 Å². The summed E-state index contributed by atoms with van der Waals surface area (Å²) in [5.41, 5.74) is 0. The summed E-state index contributed by atoms with van der Waals surface area (Å²) in [5, 5.41) is 6.89. The van der Waals surface area contributed by atoms with E-state index in [1.807, 2.05) is 0 Å². The maximum absolute atomic E-state index is 8.36. The summed E-state index contributed by atoms with van der Waals surface area (Å²) in [5.74, 6) is 0. The summed E-state index contributed by atoms with van der Waals surface area (Å²) >= 11 is 0.897. The van der Waals surface area contributed by atoms with Crippen LogP contribution in [0, 0.1) is 0 Å². The minimum absolute atomic E-state index is 0.250. The molecule has 0 unspecified atom stereocenters. The van der Waals surface area contributed by atoms with Gasteiger partial charge in [0.05, 0.1) is 0 Å². The summed E-state index contributed by atoms with van der Waals surface area (Å²) < 4.78 is 1.66. The van der Waals surface area contributed by atoms with E-state index in [1.54, 1.807) is 3.08 Å². The minimum atomic E-state index is -0.250. The van der Waals surface area contributed by atoms with Crippen LogP contribution >= 0.6 is 0 Å². The summed E-state index contributed by atoms with van der Waals surface area (Å²) in [6.45, 7) is 4.08. The van der Waals surface area contributed by atoms with Crippen LogP contribution in [-0.4, -0.2) is 11.6 Å². The zero-order valence-electron chi connectivity index (χ0n) is 5.92. The molecule has 0 atom stereocenters. The average Bonchev–Trinajstić information content (AvgIpc) is 1.88. The van der Waals surface area contributed by atoms with Crippen molar-refractivity contribution in [2.75, 3.05) is 0 Å². The van der Waals surface area contributed by atoms with E-state index in [0.717, 1.165) is 26.1 Å². The third kappa shape index (κ3) is 17.9. The first-order valence-corrected chi connectivity index (χ1v) is 5.52. The predicted octanol–water partition coefficient (Wildman–Crippen LogP) is 1.55. The molecule has 0 spiro atoms. The Labute approximate surface area is 71.9 Å². The largest absolute Gasteiger partial charge is 0.483 e. The van der Waals surface area contributed by atoms with Crippen molar-refractivity contribution in [2.24, 2.45) is 0 Å². The Hall–Kier alpha value is 0.145. The van der Waals surface area contributed by atoms with Crippen LogP contribution in [0.15, 0.2) is 9.16 Å². The molecule has 1 N–H and O–H groups in total. The van der Waals surface area contributed by atoms with E-state index in [4.69, 9.17) is 9.90 Å². The second-order valence-electron chi connectivity index (χ2n) is 1.41. The number of rotatable bonds is 1. The van der Waals surface area contributed by atoms with Crippen molar-refractivity contribution in [1.29, 1.82) is 0 Å². The predicted molar refractivity (Wildman–Crippen MR) is 32.7 cm³/mol. The van der Waals surface area contributed by atoms with Crippen LogP contribution < -0.4 is 0 Å². The van der Waals surface area contributed by atoms with Gasteiger partial charge in [0, 0.05) is 0 Å². The van der Waals surface area contributed by atoms with Gasteiger partial charge in [-0.3, -0.25) is 4.79 Å². The van der Waals surface area contributed by atoms with E-state index in [9.17, 15) is 0 Å². The van der Waals surface area contributed by atoms with Crippen LogP contribution in [-0.2, 0) is 30.9 Å². The number of carboxylic acid groups (broad SMARTS) is 1. The number of hydrogen-bond donors (Lipinski definition) is 1. The zero-order chi connectivity index (χ0) is 7.70. The van der Waals surface area contributed by atoms with Crippen molar-refractivity contribution in [1.82, 2.24) is 0 Å². The molecule has 0 aromatic rings. The summed E-state index contributed by atoms with van der Waals surface area (Å²) in [6.07, 6.45) is 3.50. The van der Waals surface area contributed by atoms with Crippen LogP contribution in [0.25, 0.3) is 0 Å². The fraction of sp³-hybridized carbons (Fsp3) is 0.500. The molecule has 0 bridgehead atoms. The molecule has 2 nitrogen and oxygen atoms in total. The van der Waals surface area contributed by atoms with Crippen molar-refractivity contribution in [3.63, 3.8) is 0 Å². The molecule has 0 aromatic heterocycles. The van der Waals surface area contributed by atoms with E-state index in [-0.39, 0.29) is 6.47 Å². The maximum atomic E-state index is 8.36. The Kier molecular flexibility index (Phi) is 14.5. The quantitative estimate of drug-likeness (QED) is 0.589. The molecule has 0 fully saturated rings. The van der Waals surface area contributed by atoms with Gasteiger partial charge in [0.15, 0.2) is 0 Å². The first-order chi connectivity index (χ1) is 4.22. The molecular formula is C6H11HgO2. The van der Waals surface area contributed by atoms with Gasteiger partial charge in [-0.25, -0.2) is 0 Å². The van der Waals surface area contributed by atoms with E-state index in [1.165, 1.54) is 6.42 Å². The second-order valence-corrected chi connectivity index (χ2v) is 4.94. The molecule has 3 heteroatoms. The Morgan fingerprint density at radius 1 is 1.78 bits per heavy atom. The third-order valence-corrected chi connectivity index (χ3v) is 4.39. The molecule has 0 aliphatic heterocycles. The maximum Gasteiger partial charge on any atom is 0.290 e. The molecule has 0 rings (SSSR count). The Bertz CT molecular complexity index is 89.1. The van der Waals surface area contributed by atoms with E-state index < -0.39 is 0 Å². The van der Waals surface area contributed by atoms with Gasteiger partial charge in [0.25, 0.3) is 6.47 Å². The molecule has 0 saturated carbocycles. The number of hydrogen-bond acceptors (Lipinski definition) is 1. The fourth-order valence-corrected chi connectivity index (χ4v) is 0.204. The molecule has 0 saturated heterocycles. The molecule has 49 valence electrons. The van der Waals surface area contributed by atoms with Gasteiger partial charge in [-0.05, 0) is 0 Å². The molecular weight excluding hydrogens is 305 g/mol. The fourth-order valence-electron chi connectivity index (χ4n) is 0.204. The van der Waals surface area contributed by atoms with E-state index >= 15 is 0 Å². The second kappa shape index (κ2) is 11.0. The summed E-state index contributed by atoms with van der Waals surface area (Å²) in [7, 11) is 0. The van der Waals surface area contributed by atoms with Crippen molar-refractivity contribution >= 4 is 6.47 Å². The normalized spacial score (nSPS) is 9.56. The summed E-state index contributed by atoms with van der Waals surface area (Å²) in [4.78, 5) is 8.36. The van der Waals surface area contributed by atoms with Crippen LogP contribution in [0.4, 0.5) is 0 Å². The number of carbonyl (C=O) groups is 1. The van der Waals surface area contributed by atoms with Crippen molar-refractivity contribution in [3.8, 4) is 0 Å². The first-order valence-electron chi connectivity index (χ1n) is 2.77. The molecule has 0 aliphatic carbocycles. The van der Waals surface area contributed by atoms with E-state index in [2.05, 4.69) is 19.9 Å². The van der Waals surface area contributed by atoms with Crippen molar-refractivity contribution in [2.45, 2.75) is 20.3 Å². The molecule has 0 radical (unpaired) electrons. The van der Waals surface area contributed by atoms with Crippen LogP contribution in [0.3, 0.4) is 0 Å². The van der Waals surface area contributed by atoms with E-state index in [0.29, 0.717) is 0 Å². The van der Waals surface area contributed by atoms with Crippen LogP contribution in [0.2, 0.25) is 0 Å². The number of allylic oxidation sites excluding steroid dienone is 2. The third-order valence-electron chi connectivity index (χ3n) is 0.862. The monoisotopic (exact) mass is 317 g/mol.